The van der Waals surface area contributed by atoms with E-state index in [0.717, 1.165) is 0 Å². The minimum atomic E-state index is -0.233. The molecule has 0 aliphatic heterocycles. The van der Waals surface area contributed by atoms with Crippen LogP contribution in [0.25, 0.3) is 6.08 Å². The third-order valence-electron chi connectivity index (χ3n) is 4.02. The highest BCUT2D eigenvalue weighted by Gasteiger charge is 2.12. The standard InChI is InChI=1S/C22H18Cl2O5/c1-26-16-7-10-21(27-2)18(12-16)20(25)8-6-15-4-5-17(29-15)13-28-22-9-3-14(23)11-19(22)24/h3-12H,13H2,1-2H3/b8-6+. The van der Waals surface area contributed by atoms with Gasteiger partial charge in [-0.15, -0.1) is 0 Å². The first-order valence-corrected chi connectivity index (χ1v) is 9.36. The summed E-state index contributed by atoms with van der Waals surface area (Å²) in [4.78, 5) is 12.5. The van der Waals surface area contributed by atoms with Gasteiger partial charge in [0, 0.05) is 5.02 Å². The largest absolute Gasteiger partial charge is 0.497 e. The van der Waals surface area contributed by atoms with Crippen molar-refractivity contribution in [3.8, 4) is 17.2 Å². The fourth-order valence-corrected chi connectivity index (χ4v) is 3.02. The van der Waals surface area contributed by atoms with Crippen molar-refractivity contribution < 1.29 is 23.4 Å². The van der Waals surface area contributed by atoms with Gasteiger partial charge >= 0.3 is 0 Å². The number of benzene rings is 2. The maximum Gasteiger partial charge on any atom is 0.189 e. The molecule has 0 fully saturated rings. The highest BCUT2D eigenvalue weighted by Crippen LogP contribution is 2.28. The summed E-state index contributed by atoms with van der Waals surface area (Å²) < 4.78 is 21.7. The number of carbonyl (C=O) groups is 1. The van der Waals surface area contributed by atoms with E-state index in [-0.39, 0.29) is 12.4 Å². The maximum atomic E-state index is 12.5. The first-order chi connectivity index (χ1) is 14.0. The lowest BCUT2D eigenvalue weighted by molar-refractivity contribution is 0.104. The zero-order chi connectivity index (χ0) is 20.8. The molecule has 0 aliphatic rings. The van der Waals surface area contributed by atoms with Crippen LogP contribution in [-0.4, -0.2) is 20.0 Å². The Bertz CT molecular complexity index is 1040. The molecule has 0 spiro atoms. The second kappa shape index (κ2) is 9.54. The molecular weight excluding hydrogens is 415 g/mol. The van der Waals surface area contributed by atoms with E-state index < -0.39 is 0 Å². The number of carbonyl (C=O) groups excluding carboxylic acids is 1. The second-order valence-electron chi connectivity index (χ2n) is 5.93. The monoisotopic (exact) mass is 432 g/mol. The molecule has 3 rings (SSSR count). The number of ether oxygens (including phenoxy) is 3. The predicted molar refractivity (Wildman–Crippen MR) is 112 cm³/mol. The SMILES string of the molecule is COc1ccc(OC)c(C(=O)/C=C/c2ccc(COc3ccc(Cl)cc3Cl)o2)c1. The van der Waals surface area contributed by atoms with E-state index in [9.17, 15) is 4.79 Å². The van der Waals surface area contributed by atoms with Crippen molar-refractivity contribution >= 4 is 35.1 Å². The molecule has 3 aromatic rings. The van der Waals surface area contributed by atoms with Gasteiger partial charge in [0.1, 0.15) is 35.4 Å². The van der Waals surface area contributed by atoms with Gasteiger partial charge in [0.05, 0.1) is 24.8 Å². The van der Waals surface area contributed by atoms with Crippen LogP contribution in [0.15, 0.2) is 59.0 Å². The molecule has 0 unspecified atom stereocenters. The molecule has 7 heteroatoms. The van der Waals surface area contributed by atoms with Crippen molar-refractivity contribution in [1.82, 2.24) is 0 Å². The number of hydrogen-bond donors (Lipinski definition) is 0. The van der Waals surface area contributed by atoms with Crippen molar-refractivity contribution in [2.24, 2.45) is 0 Å². The third kappa shape index (κ3) is 5.34. The molecule has 2 aromatic carbocycles. The van der Waals surface area contributed by atoms with Crippen LogP contribution < -0.4 is 14.2 Å². The summed E-state index contributed by atoms with van der Waals surface area (Å²) in [6.45, 7) is 0.187. The fraction of sp³-hybridized carbons (Fsp3) is 0.136. The summed E-state index contributed by atoms with van der Waals surface area (Å²) in [5.74, 6) is 2.41. The number of rotatable bonds is 8. The van der Waals surface area contributed by atoms with Crippen LogP contribution in [0.4, 0.5) is 0 Å². The lowest BCUT2D eigenvalue weighted by Crippen LogP contribution is -1.99. The van der Waals surface area contributed by atoms with Gasteiger partial charge in [-0.2, -0.15) is 0 Å². The van der Waals surface area contributed by atoms with Gasteiger partial charge in [0.15, 0.2) is 5.78 Å². The average molecular weight is 433 g/mol. The summed E-state index contributed by atoms with van der Waals surface area (Å²) in [5.41, 5.74) is 0.399. The summed E-state index contributed by atoms with van der Waals surface area (Å²) >= 11 is 12.0. The van der Waals surface area contributed by atoms with E-state index in [0.29, 0.717) is 44.4 Å². The molecule has 0 aliphatic carbocycles. The minimum absolute atomic E-state index is 0.187. The number of furan rings is 1. The molecule has 0 bridgehead atoms. The number of hydrogen-bond acceptors (Lipinski definition) is 5. The lowest BCUT2D eigenvalue weighted by atomic mass is 10.1. The molecule has 29 heavy (non-hydrogen) atoms. The zero-order valence-corrected chi connectivity index (χ0v) is 17.3. The van der Waals surface area contributed by atoms with E-state index in [1.54, 1.807) is 54.6 Å². The van der Waals surface area contributed by atoms with Crippen molar-refractivity contribution in [2.45, 2.75) is 6.61 Å². The second-order valence-corrected chi connectivity index (χ2v) is 6.77. The fourth-order valence-electron chi connectivity index (χ4n) is 2.56. The molecule has 0 radical (unpaired) electrons. The van der Waals surface area contributed by atoms with E-state index in [4.69, 9.17) is 41.8 Å². The van der Waals surface area contributed by atoms with E-state index in [1.807, 2.05) is 0 Å². The Morgan fingerprint density at radius 2 is 1.79 bits per heavy atom. The lowest BCUT2D eigenvalue weighted by Gasteiger charge is -2.07. The van der Waals surface area contributed by atoms with Crippen LogP contribution in [0, 0.1) is 0 Å². The molecular formula is C22H18Cl2O5. The van der Waals surface area contributed by atoms with Crippen molar-refractivity contribution in [3.63, 3.8) is 0 Å². The quantitative estimate of drug-likeness (QED) is 0.318. The smallest absolute Gasteiger partial charge is 0.189 e. The molecule has 150 valence electrons. The highest BCUT2D eigenvalue weighted by atomic mass is 35.5. The summed E-state index contributed by atoms with van der Waals surface area (Å²) in [5, 5.41) is 0.951. The Kier molecular flexibility index (Phi) is 6.86. The molecule has 0 atom stereocenters. The van der Waals surface area contributed by atoms with Gasteiger partial charge in [-0.05, 0) is 60.7 Å². The predicted octanol–water partition coefficient (Wildman–Crippen LogP) is 6.08. The normalized spacial score (nSPS) is 10.9. The number of ketones is 1. The number of halogens is 2. The molecule has 5 nitrogen and oxygen atoms in total. The van der Waals surface area contributed by atoms with Crippen LogP contribution >= 0.6 is 23.2 Å². The Hall–Kier alpha value is -2.89. The Balaban J connectivity index is 1.66. The van der Waals surface area contributed by atoms with E-state index in [1.165, 1.54) is 20.3 Å². The van der Waals surface area contributed by atoms with Crippen molar-refractivity contribution in [1.29, 1.82) is 0 Å². The summed E-state index contributed by atoms with van der Waals surface area (Å²) in [6, 6.07) is 13.5. The van der Waals surface area contributed by atoms with Gasteiger partial charge in [-0.3, -0.25) is 4.79 Å². The molecule has 1 aromatic heterocycles. The van der Waals surface area contributed by atoms with Crippen molar-refractivity contribution in [3.05, 3.63) is 81.7 Å². The Labute approximate surface area is 178 Å². The van der Waals surface area contributed by atoms with E-state index in [2.05, 4.69) is 0 Å². The Morgan fingerprint density at radius 3 is 2.52 bits per heavy atom. The Morgan fingerprint density at radius 1 is 1.00 bits per heavy atom. The van der Waals surface area contributed by atoms with Gasteiger partial charge < -0.3 is 18.6 Å². The summed E-state index contributed by atoms with van der Waals surface area (Å²) in [6.07, 6.45) is 3.00. The topological polar surface area (TPSA) is 57.9 Å². The minimum Gasteiger partial charge on any atom is -0.497 e. The summed E-state index contributed by atoms with van der Waals surface area (Å²) in [7, 11) is 3.05. The molecule has 0 saturated heterocycles. The van der Waals surface area contributed by atoms with Crippen LogP contribution in [-0.2, 0) is 6.61 Å². The zero-order valence-electron chi connectivity index (χ0n) is 15.8. The van der Waals surface area contributed by atoms with E-state index >= 15 is 0 Å². The number of allylic oxidation sites excluding steroid dienone is 1. The highest BCUT2D eigenvalue weighted by molar-refractivity contribution is 6.35. The first kappa shape index (κ1) is 20.8. The molecule has 0 saturated carbocycles. The van der Waals surface area contributed by atoms with Crippen LogP contribution in [0.1, 0.15) is 21.9 Å². The average Bonchev–Trinajstić information content (AvgIpc) is 3.18. The van der Waals surface area contributed by atoms with Gasteiger partial charge in [-0.1, -0.05) is 23.2 Å². The van der Waals surface area contributed by atoms with Crippen LogP contribution in [0.5, 0.6) is 17.2 Å². The molecule has 0 amide bonds. The maximum absolute atomic E-state index is 12.5. The first-order valence-electron chi connectivity index (χ1n) is 8.61. The molecule has 0 N–H and O–H groups in total. The van der Waals surface area contributed by atoms with Crippen molar-refractivity contribution in [2.75, 3.05) is 14.2 Å². The number of methoxy groups -OCH3 is 2. The van der Waals surface area contributed by atoms with Gasteiger partial charge in [0.25, 0.3) is 0 Å². The third-order valence-corrected chi connectivity index (χ3v) is 4.55. The van der Waals surface area contributed by atoms with Crippen LogP contribution in [0.3, 0.4) is 0 Å². The van der Waals surface area contributed by atoms with Gasteiger partial charge in [0.2, 0.25) is 0 Å². The van der Waals surface area contributed by atoms with Crippen LogP contribution in [0.2, 0.25) is 10.0 Å². The van der Waals surface area contributed by atoms with Gasteiger partial charge in [-0.25, -0.2) is 0 Å². The molecule has 1 heterocycles.